The van der Waals surface area contributed by atoms with Gasteiger partial charge in [0.15, 0.2) is 0 Å². The average Bonchev–Trinajstić information content (AvgIpc) is 1.99. The normalized spacial score (nSPS) is 14.1. The maximum atomic E-state index is 10.1. The third-order valence-electron chi connectivity index (χ3n) is 1.56. The molecule has 0 aliphatic heterocycles. The molecule has 0 bridgehead atoms. The quantitative estimate of drug-likeness (QED) is 0.598. The fourth-order valence-corrected chi connectivity index (χ4v) is 0.833. The summed E-state index contributed by atoms with van der Waals surface area (Å²) in [5.74, 6) is 0. The third-order valence-corrected chi connectivity index (χ3v) is 1.56. The number of aliphatic hydroxyl groups excluding tert-OH is 1. The predicted octanol–water partition coefficient (Wildman–Crippen LogP) is 0.120. The van der Waals surface area contributed by atoms with E-state index in [2.05, 4.69) is 0 Å². The molecule has 0 amide bonds. The van der Waals surface area contributed by atoms with Crippen LogP contribution in [-0.2, 0) is 5.11 Å². The molecule has 0 aromatic carbocycles. The lowest BCUT2D eigenvalue weighted by Gasteiger charge is -2.19. The fraction of sp³-hybridized carbons (Fsp3) is 1.00. The van der Waals surface area contributed by atoms with Gasteiger partial charge in [0, 0.05) is 6.54 Å². The van der Waals surface area contributed by atoms with Gasteiger partial charge in [0.1, 0.15) is 6.61 Å². The van der Waals surface area contributed by atoms with Crippen LogP contribution in [0.5, 0.6) is 0 Å². The second-order valence-electron chi connectivity index (χ2n) is 2.31. The molecule has 0 aromatic heterocycles. The van der Waals surface area contributed by atoms with E-state index >= 15 is 0 Å². The van der Waals surface area contributed by atoms with Gasteiger partial charge in [-0.2, -0.15) is 0 Å². The van der Waals surface area contributed by atoms with Crippen LogP contribution in [0.1, 0.15) is 13.8 Å². The van der Waals surface area contributed by atoms with E-state index < -0.39 is 12.7 Å². The number of nitrogens with zero attached hydrogens (tertiary/aromatic N) is 1. The molecule has 3 heteroatoms. The van der Waals surface area contributed by atoms with E-state index in [9.17, 15) is 5.11 Å². The van der Waals surface area contributed by atoms with Gasteiger partial charge in [-0.25, -0.2) is 5.11 Å². The lowest BCUT2D eigenvalue weighted by atomic mass is 10.3. The highest BCUT2D eigenvalue weighted by Crippen LogP contribution is 1.90. The first kappa shape index (κ1) is 9.88. The van der Waals surface area contributed by atoms with E-state index in [1.807, 2.05) is 18.7 Å². The molecule has 10 heavy (non-hydrogen) atoms. The number of rotatable bonds is 5. The minimum Gasteiger partial charge on any atom is -0.389 e. The van der Waals surface area contributed by atoms with Crippen LogP contribution in [0.25, 0.3) is 0 Å². The van der Waals surface area contributed by atoms with Crippen molar-refractivity contribution in [2.45, 2.75) is 20.0 Å². The average molecular weight is 146 g/mol. The van der Waals surface area contributed by atoms with Gasteiger partial charge in [-0.3, -0.25) is 0 Å². The van der Waals surface area contributed by atoms with E-state index in [0.717, 1.165) is 13.1 Å². The third kappa shape index (κ3) is 3.82. The van der Waals surface area contributed by atoms with Gasteiger partial charge in [-0.1, -0.05) is 13.8 Å². The molecule has 0 fully saturated rings. The summed E-state index contributed by atoms with van der Waals surface area (Å²) >= 11 is 0. The van der Waals surface area contributed by atoms with Crippen LogP contribution in [0.15, 0.2) is 0 Å². The van der Waals surface area contributed by atoms with Gasteiger partial charge in [-0.05, 0) is 13.1 Å². The first-order chi connectivity index (χ1) is 4.74. The molecule has 1 N–H and O–H groups in total. The zero-order valence-corrected chi connectivity index (χ0v) is 6.71. The Morgan fingerprint density at radius 1 is 1.40 bits per heavy atom. The summed E-state index contributed by atoms with van der Waals surface area (Å²) in [7, 11) is 0. The SMILES string of the molecule is CCN(CC)C[C@@H](O)C[O]. The highest BCUT2D eigenvalue weighted by Gasteiger charge is 2.06. The Hall–Kier alpha value is -0.120. The molecular formula is C7H16NO2. The minimum absolute atomic E-state index is 0.392. The molecule has 0 aliphatic rings. The van der Waals surface area contributed by atoms with E-state index in [0.29, 0.717) is 6.54 Å². The van der Waals surface area contributed by atoms with Crippen molar-refractivity contribution >= 4 is 0 Å². The lowest BCUT2D eigenvalue weighted by molar-refractivity contribution is 0.0319. The van der Waals surface area contributed by atoms with Crippen molar-refractivity contribution in [1.29, 1.82) is 0 Å². The minimum atomic E-state index is -0.695. The summed E-state index contributed by atoms with van der Waals surface area (Å²) in [6, 6.07) is 0. The molecular weight excluding hydrogens is 130 g/mol. The summed E-state index contributed by atoms with van der Waals surface area (Å²) in [5, 5.41) is 19.1. The number of aliphatic hydroxyl groups is 1. The summed E-state index contributed by atoms with van der Waals surface area (Å²) in [6.07, 6.45) is -0.695. The Balaban J connectivity index is 3.41. The molecule has 0 aliphatic carbocycles. The maximum absolute atomic E-state index is 10.1. The fourth-order valence-electron chi connectivity index (χ4n) is 0.833. The summed E-state index contributed by atoms with van der Waals surface area (Å²) in [6.45, 7) is 5.94. The Labute approximate surface area is 62.3 Å². The van der Waals surface area contributed by atoms with E-state index in [-0.39, 0.29) is 0 Å². The van der Waals surface area contributed by atoms with Gasteiger partial charge in [0.2, 0.25) is 0 Å². The van der Waals surface area contributed by atoms with Crippen molar-refractivity contribution in [3.8, 4) is 0 Å². The van der Waals surface area contributed by atoms with Crippen LogP contribution in [0.3, 0.4) is 0 Å². The molecule has 0 saturated heterocycles. The Bertz CT molecular complexity index is 74.0. The summed E-state index contributed by atoms with van der Waals surface area (Å²) < 4.78 is 0. The molecule has 1 radical (unpaired) electrons. The van der Waals surface area contributed by atoms with Gasteiger partial charge in [-0.15, -0.1) is 0 Å². The second kappa shape index (κ2) is 5.65. The van der Waals surface area contributed by atoms with E-state index in [1.165, 1.54) is 0 Å². The molecule has 3 nitrogen and oxygen atoms in total. The molecule has 1 atom stereocenters. The van der Waals surface area contributed by atoms with Gasteiger partial charge in [0.25, 0.3) is 0 Å². The zero-order chi connectivity index (χ0) is 7.98. The molecule has 0 heterocycles. The van der Waals surface area contributed by atoms with Crippen LogP contribution in [0.2, 0.25) is 0 Å². The largest absolute Gasteiger partial charge is 0.389 e. The van der Waals surface area contributed by atoms with Crippen molar-refractivity contribution in [1.82, 2.24) is 4.90 Å². The van der Waals surface area contributed by atoms with Crippen LogP contribution in [0, 0.1) is 0 Å². The lowest BCUT2D eigenvalue weighted by Crippen LogP contribution is -2.33. The maximum Gasteiger partial charge on any atom is 0.109 e. The Morgan fingerprint density at radius 3 is 2.20 bits per heavy atom. The smallest absolute Gasteiger partial charge is 0.109 e. The van der Waals surface area contributed by atoms with Crippen molar-refractivity contribution < 1.29 is 10.2 Å². The second-order valence-corrected chi connectivity index (χ2v) is 2.31. The van der Waals surface area contributed by atoms with E-state index in [4.69, 9.17) is 5.11 Å². The highest BCUT2D eigenvalue weighted by atomic mass is 16.3. The van der Waals surface area contributed by atoms with Crippen LogP contribution >= 0.6 is 0 Å². The van der Waals surface area contributed by atoms with Crippen molar-refractivity contribution in [2.75, 3.05) is 26.2 Å². The van der Waals surface area contributed by atoms with Crippen molar-refractivity contribution in [3.05, 3.63) is 0 Å². The van der Waals surface area contributed by atoms with Crippen LogP contribution in [0.4, 0.5) is 0 Å². The first-order valence-corrected chi connectivity index (χ1v) is 3.73. The predicted molar refractivity (Wildman–Crippen MR) is 39.3 cm³/mol. The number of hydrogen-bond donors (Lipinski definition) is 1. The molecule has 61 valence electrons. The Morgan fingerprint density at radius 2 is 1.90 bits per heavy atom. The van der Waals surface area contributed by atoms with Gasteiger partial charge in [0.05, 0.1) is 6.10 Å². The number of likely N-dealkylation sites (N-methyl/N-ethyl adjacent to an activating group) is 1. The standard InChI is InChI=1S/C7H16NO2/c1-3-8(4-2)5-7(10)6-9/h7,10H,3-6H2,1-2H3/t7-/m1/s1. The monoisotopic (exact) mass is 146 g/mol. The number of hydrogen-bond acceptors (Lipinski definition) is 2. The molecule has 0 unspecified atom stereocenters. The van der Waals surface area contributed by atoms with Gasteiger partial charge >= 0.3 is 0 Å². The van der Waals surface area contributed by atoms with Crippen LogP contribution in [-0.4, -0.2) is 42.4 Å². The Kier molecular flexibility index (Phi) is 5.58. The van der Waals surface area contributed by atoms with Crippen molar-refractivity contribution in [3.63, 3.8) is 0 Å². The summed E-state index contributed by atoms with van der Waals surface area (Å²) in [5.41, 5.74) is 0. The van der Waals surface area contributed by atoms with Crippen molar-refractivity contribution in [2.24, 2.45) is 0 Å². The summed E-state index contributed by atoms with van der Waals surface area (Å²) in [4.78, 5) is 2.03. The topological polar surface area (TPSA) is 43.4 Å². The van der Waals surface area contributed by atoms with E-state index in [1.54, 1.807) is 0 Å². The molecule has 0 aromatic rings. The molecule has 0 rings (SSSR count). The molecule has 0 spiro atoms. The van der Waals surface area contributed by atoms with Crippen LogP contribution < -0.4 is 0 Å². The first-order valence-electron chi connectivity index (χ1n) is 3.73. The zero-order valence-electron chi connectivity index (χ0n) is 6.71. The highest BCUT2D eigenvalue weighted by molar-refractivity contribution is 4.59. The molecule has 0 saturated carbocycles. The van der Waals surface area contributed by atoms with Gasteiger partial charge < -0.3 is 10.0 Å².